The van der Waals surface area contributed by atoms with Crippen LogP contribution in [-0.2, 0) is 0 Å². The first-order chi connectivity index (χ1) is 8.93. The fourth-order valence-electron chi connectivity index (χ4n) is 1.45. The Morgan fingerprint density at radius 1 is 1.53 bits per heavy atom. The second kappa shape index (κ2) is 7.25. The molecule has 0 saturated carbocycles. The fraction of sp³-hybridized carbons (Fsp3) is 0.417. The molecule has 1 atom stereocenters. The standard InChI is InChI=1S/C12H14ClF2NO3/c1-7(4-5-17)16-11(18)9-6-8(13)2-3-10(9)19-12(14)15/h2-3,6-7,12,17H,4-5H2,1H3,(H,16,18). The Labute approximate surface area is 114 Å². The number of carbonyl (C=O) groups excluding carboxylic acids is 1. The van der Waals surface area contributed by atoms with Crippen molar-refractivity contribution in [2.75, 3.05) is 6.61 Å². The van der Waals surface area contributed by atoms with Gasteiger partial charge in [-0.3, -0.25) is 4.79 Å². The van der Waals surface area contributed by atoms with E-state index in [0.717, 1.165) is 0 Å². The highest BCUT2D eigenvalue weighted by molar-refractivity contribution is 6.31. The van der Waals surface area contributed by atoms with Gasteiger partial charge in [-0.2, -0.15) is 8.78 Å². The van der Waals surface area contributed by atoms with Crippen molar-refractivity contribution >= 4 is 17.5 Å². The van der Waals surface area contributed by atoms with Gasteiger partial charge < -0.3 is 15.2 Å². The monoisotopic (exact) mass is 293 g/mol. The summed E-state index contributed by atoms with van der Waals surface area (Å²) in [5.74, 6) is -0.827. The number of aliphatic hydroxyl groups is 1. The molecule has 7 heteroatoms. The lowest BCUT2D eigenvalue weighted by Gasteiger charge is -2.15. The van der Waals surface area contributed by atoms with Crippen LogP contribution in [-0.4, -0.2) is 30.3 Å². The van der Waals surface area contributed by atoms with E-state index in [0.29, 0.717) is 6.42 Å². The minimum Gasteiger partial charge on any atom is -0.434 e. The van der Waals surface area contributed by atoms with Crippen molar-refractivity contribution < 1.29 is 23.4 Å². The predicted octanol–water partition coefficient (Wildman–Crippen LogP) is 2.44. The molecule has 4 nitrogen and oxygen atoms in total. The Bertz CT molecular complexity index is 443. The Morgan fingerprint density at radius 2 is 2.21 bits per heavy atom. The number of halogens is 3. The van der Waals surface area contributed by atoms with Crippen molar-refractivity contribution in [3.8, 4) is 5.75 Å². The Hall–Kier alpha value is -1.40. The van der Waals surface area contributed by atoms with Crippen molar-refractivity contribution in [2.45, 2.75) is 26.0 Å². The lowest BCUT2D eigenvalue weighted by atomic mass is 10.1. The smallest absolute Gasteiger partial charge is 0.387 e. The van der Waals surface area contributed by atoms with Gasteiger partial charge in [0, 0.05) is 17.7 Å². The van der Waals surface area contributed by atoms with Gasteiger partial charge in [0.2, 0.25) is 0 Å². The van der Waals surface area contributed by atoms with Crippen LogP contribution >= 0.6 is 11.6 Å². The Balaban J connectivity index is 2.90. The molecule has 0 aliphatic heterocycles. The first kappa shape index (κ1) is 15.7. The van der Waals surface area contributed by atoms with Gasteiger partial charge in [0.15, 0.2) is 0 Å². The third-order valence-electron chi connectivity index (χ3n) is 2.34. The summed E-state index contributed by atoms with van der Waals surface area (Å²) in [6, 6.07) is 3.52. The van der Waals surface area contributed by atoms with Crippen LogP contribution in [0.3, 0.4) is 0 Å². The molecule has 0 aliphatic carbocycles. The number of aliphatic hydroxyl groups excluding tert-OH is 1. The van der Waals surface area contributed by atoms with Crippen LogP contribution < -0.4 is 10.1 Å². The van der Waals surface area contributed by atoms with E-state index in [2.05, 4.69) is 10.1 Å². The van der Waals surface area contributed by atoms with E-state index >= 15 is 0 Å². The summed E-state index contributed by atoms with van der Waals surface area (Å²) in [6.45, 7) is -1.42. The highest BCUT2D eigenvalue weighted by atomic mass is 35.5. The number of hydrogen-bond donors (Lipinski definition) is 2. The van der Waals surface area contributed by atoms with Gasteiger partial charge in [-0.25, -0.2) is 0 Å². The highest BCUT2D eigenvalue weighted by Crippen LogP contribution is 2.24. The molecule has 0 fully saturated rings. The van der Waals surface area contributed by atoms with E-state index in [1.807, 2.05) is 0 Å². The van der Waals surface area contributed by atoms with Crippen molar-refractivity contribution in [1.82, 2.24) is 5.32 Å². The summed E-state index contributed by atoms with van der Waals surface area (Å²) < 4.78 is 28.7. The van der Waals surface area contributed by atoms with Gasteiger partial charge in [-0.15, -0.1) is 0 Å². The number of nitrogens with one attached hydrogen (secondary N) is 1. The molecule has 0 aliphatic rings. The number of ether oxygens (including phenoxy) is 1. The molecule has 0 bridgehead atoms. The molecule has 1 rings (SSSR count). The van der Waals surface area contributed by atoms with E-state index in [-0.39, 0.29) is 29.0 Å². The number of hydrogen-bond acceptors (Lipinski definition) is 3. The topological polar surface area (TPSA) is 58.6 Å². The number of rotatable bonds is 6. The Kier molecular flexibility index (Phi) is 5.98. The zero-order valence-corrected chi connectivity index (χ0v) is 11.0. The molecule has 0 radical (unpaired) electrons. The average Bonchev–Trinajstić information content (AvgIpc) is 2.31. The summed E-state index contributed by atoms with van der Waals surface area (Å²) in [6.07, 6.45) is 0.358. The summed E-state index contributed by atoms with van der Waals surface area (Å²) >= 11 is 5.73. The molecule has 0 spiro atoms. The summed E-state index contributed by atoms with van der Waals surface area (Å²) in [5.41, 5.74) is -0.0717. The van der Waals surface area contributed by atoms with Crippen LogP contribution in [0.1, 0.15) is 23.7 Å². The first-order valence-electron chi connectivity index (χ1n) is 5.60. The molecule has 1 unspecified atom stereocenters. The summed E-state index contributed by atoms with van der Waals surface area (Å²) in [4.78, 5) is 11.9. The first-order valence-corrected chi connectivity index (χ1v) is 5.98. The maximum Gasteiger partial charge on any atom is 0.387 e. The van der Waals surface area contributed by atoms with Crippen LogP contribution in [0.4, 0.5) is 8.78 Å². The molecule has 0 aromatic heterocycles. The van der Waals surface area contributed by atoms with Gasteiger partial charge in [0.1, 0.15) is 5.75 Å². The van der Waals surface area contributed by atoms with Crippen molar-refractivity contribution in [2.24, 2.45) is 0 Å². The number of amides is 1. The van der Waals surface area contributed by atoms with E-state index in [1.54, 1.807) is 6.92 Å². The van der Waals surface area contributed by atoms with E-state index in [9.17, 15) is 13.6 Å². The molecule has 2 N–H and O–H groups in total. The minimum absolute atomic E-state index is 0.0717. The van der Waals surface area contributed by atoms with E-state index in [4.69, 9.17) is 16.7 Å². The molecule has 106 valence electrons. The zero-order valence-electron chi connectivity index (χ0n) is 10.2. The van der Waals surface area contributed by atoms with Crippen LogP contribution in [0.2, 0.25) is 5.02 Å². The lowest BCUT2D eigenvalue weighted by Crippen LogP contribution is -2.33. The molecule has 1 aromatic rings. The summed E-state index contributed by atoms with van der Waals surface area (Å²) in [7, 11) is 0. The number of benzene rings is 1. The highest BCUT2D eigenvalue weighted by Gasteiger charge is 2.17. The second-order valence-corrected chi connectivity index (χ2v) is 4.34. The van der Waals surface area contributed by atoms with Crippen molar-refractivity contribution in [3.05, 3.63) is 28.8 Å². The minimum atomic E-state index is -3.03. The zero-order chi connectivity index (χ0) is 14.4. The molecule has 1 aromatic carbocycles. The number of carbonyl (C=O) groups is 1. The van der Waals surface area contributed by atoms with E-state index in [1.165, 1.54) is 18.2 Å². The summed E-state index contributed by atoms with van der Waals surface area (Å²) in [5, 5.41) is 11.5. The van der Waals surface area contributed by atoms with Crippen LogP contribution in [0.25, 0.3) is 0 Å². The Morgan fingerprint density at radius 3 is 2.79 bits per heavy atom. The molecular formula is C12H14ClF2NO3. The molecule has 0 heterocycles. The van der Waals surface area contributed by atoms with Gasteiger partial charge in [0.25, 0.3) is 5.91 Å². The maximum absolute atomic E-state index is 12.2. The van der Waals surface area contributed by atoms with Crippen LogP contribution in [0.15, 0.2) is 18.2 Å². The third kappa shape index (κ3) is 5.00. The third-order valence-corrected chi connectivity index (χ3v) is 2.58. The van der Waals surface area contributed by atoms with Crippen molar-refractivity contribution in [3.63, 3.8) is 0 Å². The van der Waals surface area contributed by atoms with Gasteiger partial charge >= 0.3 is 6.61 Å². The quantitative estimate of drug-likeness (QED) is 0.847. The van der Waals surface area contributed by atoms with Crippen LogP contribution in [0.5, 0.6) is 5.75 Å². The predicted molar refractivity (Wildman–Crippen MR) is 66.7 cm³/mol. The fourth-order valence-corrected chi connectivity index (χ4v) is 1.62. The molecule has 19 heavy (non-hydrogen) atoms. The molecule has 1 amide bonds. The molecule has 0 saturated heterocycles. The normalized spacial score (nSPS) is 12.3. The van der Waals surface area contributed by atoms with Gasteiger partial charge in [-0.05, 0) is 31.5 Å². The lowest BCUT2D eigenvalue weighted by molar-refractivity contribution is -0.0501. The SMILES string of the molecule is CC(CCO)NC(=O)c1cc(Cl)ccc1OC(F)F. The average molecular weight is 294 g/mol. The maximum atomic E-state index is 12.2. The van der Waals surface area contributed by atoms with E-state index < -0.39 is 12.5 Å². The molecular weight excluding hydrogens is 280 g/mol. The largest absolute Gasteiger partial charge is 0.434 e. The van der Waals surface area contributed by atoms with Crippen LogP contribution in [0, 0.1) is 0 Å². The van der Waals surface area contributed by atoms with Gasteiger partial charge in [0.05, 0.1) is 5.56 Å². The number of alkyl halides is 2. The van der Waals surface area contributed by atoms with Gasteiger partial charge in [-0.1, -0.05) is 11.6 Å². The van der Waals surface area contributed by atoms with Crippen molar-refractivity contribution in [1.29, 1.82) is 0 Å². The second-order valence-electron chi connectivity index (χ2n) is 3.91.